The van der Waals surface area contributed by atoms with Gasteiger partial charge in [-0.15, -0.1) is 9.91 Å². The van der Waals surface area contributed by atoms with Gasteiger partial charge in [0.05, 0.1) is 32.4 Å². The first-order valence-electron chi connectivity index (χ1n) is 13.4. The lowest BCUT2D eigenvalue weighted by Crippen LogP contribution is -2.04. The first kappa shape index (κ1) is 28.6. The van der Waals surface area contributed by atoms with Gasteiger partial charge in [0.1, 0.15) is 11.0 Å². The second-order valence-electron chi connectivity index (χ2n) is 10.4. The molecule has 46 heavy (non-hydrogen) atoms. The molecular weight excluding hydrogens is 606 g/mol. The molecule has 222 valence electrons. The summed E-state index contributed by atoms with van der Waals surface area (Å²) in [6.07, 6.45) is -9.05. The average molecular weight is 621 g/mol. The molecule has 0 saturated carbocycles. The number of benzene rings is 4. The highest BCUT2D eigenvalue weighted by molar-refractivity contribution is 6.15. The number of alkyl halides is 6. The van der Waals surface area contributed by atoms with Crippen LogP contribution in [0.2, 0.25) is 0 Å². The Hall–Kier alpha value is -6.14. The molecule has 1 aromatic heterocycles. The van der Waals surface area contributed by atoms with Crippen molar-refractivity contribution in [3.05, 3.63) is 130 Å². The van der Waals surface area contributed by atoms with E-state index in [2.05, 4.69) is 20.1 Å². The molecule has 7 rings (SSSR count). The van der Waals surface area contributed by atoms with Crippen LogP contribution in [0.15, 0.2) is 95.1 Å². The van der Waals surface area contributed by atoms with Crippen LogP contribution in [0, 0.1) is 13.1 Å². The van der Waals surface area contributed by atoms with E-state index in [4.69, 9.17) is 23.1 Å². The number of hydrogen-bond acceptors (Lipinski definition) is 4. The zero-order valence-electron chi connectivity index (χ0n) is 23.0. The molecule has 0 atom stereocenters. The highest BCUT2D eigenvalue weighted by atomic mass is 19.4. The van der Waals surface area contributed by atoms with Crippen LogP contribution in [0.4, 0.5) is 26.3 Å². The quantitative estimate of drug-likeness (QED) is 0.110. The highest BCUT2D eigenvalue weighted by Gasteiger charge is 2.31. The Morgan fingerprint density at radius 2 is 0.870 bits per heavy atom. The minimum atomic E-state index is -4.52. The number of fused-ring (bicyclic) bond motifs is 6. The maximum Gasteiger partial charge on any atom is 0.416 e. The lowest BCUT2D eigenvalue weighted by Gasteiger charge is -2.09. The molecule has 0 radical (unpaired) electrons. The van der Waals surface area contributed by atoms with Gasteiger partial charge in [-0.2, -0.15) is 39.5 Å². The van der Waals surface area contributed by atoms with Crippen LogP contribution in [0.5, 0.6) is 0 Å². The van der Waals surface area contributed by atoms with E-state index in [9.17, 15) is 26.3 Å². The topological polar surface area (TPSA) is 59.2 Å². The van der Waals surface area contributed by atoms with Gasteiger partial charge in [-0.3, -0.25) is 0 Å². The maximum absolute atomic E-state index is 13.4. The van der Waals surface area contributed by atoms with Gasteiger partial charge in [0.2, 0.25) is 0 Å². The number of halogens is 6. The molecule has 1 heterocycles. The van der Waals surface area contributed by atoms with Gasteiger partial charge in [-0.1, -0.05) is 48.5 Å². The van der Waals surface area contributed by atoms with Gasteiger partial charge >= 0.3 is 12.4 Å². The molecule has 12 heteroatoms. The molecule has 6 aromatic carbocycles. The molecule has 0 aliphatic rings. The molecule has 0 spiro atoms. The number of hydrogen-bond donors (Lipinski definition) is 0. The summed E-state index contributed by atoms with van der Waals surface area (Å²) < 4.78 is 80.3. The van der Waals surface area contributed by atoms with Gasteiger partial charge in [-0.25, -0.2) is 9.97 Å². The molecule has 0 N–H and O–H groups in total. The minimum absolute atomic E-state index is 0.182. The number of aromatic nitrogens is 2. The summed E-state index contributed by atoms with van der Waals surface area (Å²) >= 11 is 0. The third-order valence-electron chi connectivity index (χ3n) is 7.75. The summed E-state index contributed by atoms with van der Waals surface area (Å²) in [4.78, 5) is 16.0. The standard InChI is InChI=1S/C34H14F6N6/c1-41-45-29-25-15-19(17-5-3-7-21(13-17)33(35,36)37)9-11-23(25)27-31(29)43-28-24-12-10-20(16-26(24)30(46-42-2)32(28)44-27)18-6-4-8-22(14-18)34(38,39)40/h3-16H/b45-29-,46-30+. The molecule has 0 fully saturated rings. The molecular formula is C34H14F6N6. The number of nitrogens with zero attached hydrogens (tertiary/aromatic N) is 6. The maximum atomic E-state index is 13.4. The van der Waals surface area contributed by atoms with E-state index in [1.165, 1.54) is 12.1 Å². The fourth-order valence-corrected chi connectivity index (χ4v) is 5.70. The van der Waals surface area contributed by atoms with Gasteiger partial charge < -0.3 is 0 Å². The third-order valence-corrected chi connectivity index (χ3v) is 7.75. The lowest BCUT2D eigenvalue weighted by molar-refractivity contribution is -0.138. The molecule has 0 aliphatic heterocycles. The first-order chi connectivity index (χ1) is 22.0. The molecule has 0 saturated heterocycles. The third kappa shape index (κ3) is 4.59. The minimum Gasteiger partial charge on any atom is -0.241 e. The summed E-state index contributed by atoms with van der Waals surface area (Å²) in [5.41, 5.74) is 1.18. The van der Waals surface area contributed by atoms with Crippen LogP contribution in [0.3, 0.4) is 0 Å². The van der Waals surface area contributed by atoms with Crippen LogP contribution >= 0.6 is 0 Å². The van der Waals surface area contributed by atoms with Crippen molar-refractivity contribution in [2.45, 2.75) is 12.4 Å². The van der Waals surface area contributed by atoms with Crippen LogP contribution in [0.25, 0.3) is 75.8 Å². The van der Waals surface area contributed by atoms with Crippen molar-refractivity contribution in [2.75, 3.05) is 0 Å². The smallest absolute Gasteiger partial charge is 0.241 e. The Balaban J connectivity index is 1.48. The van der Waals surface area contributed by atoms with E-state index in [0.29, 0.717) is 54.8 Å². The second-order valence-corrected chi connectivity index (χ2v) is 10.4. The molecule has 0 amide bonds. The predicted molar refractivity (Wildman–Crippen MR) is 160 cm³/mol. The van der Waals surface area contributed by atoms with Crippen LogP contribution in [-0.2, 0) is 12.4 Å². The zero-order chi connectivity index (χ0) is 32.4. The molecule has 0 bridgehead atoms. The Morgan fingerprint density at radius 3 is 1.24 bits per heavy atom. The SMILES string of the molecule is [C-]#[N+]/N=c1/c2cc(-c3cccc(C(F)(F)F)c3)ccc2c2nc3/c(=N/[N+]#[C-])c4cc(-c5cccc(C(F)(F)F)c5)ccc4c3nc12. The monoisotopic (exact) mass is 620 g/mol. The van der Waals surface area contributed by atoms with Crippen LogP contribution < -0.4 is 10.7 Å². The number of rotatable bonds is 2. The summed E-state index contributed by atoms with van der Waals surface area (Å²) in [7, 11) is 0. The van der Waals surface area contributed by atoms with Crippen molar-refractivity contribution in [2.24, 2.45) is 10.2 Å². The van der Waals surface area contributed by atoms with E-state index >= 15 is 0 Å². The average Bonchev–Trinajstić information content (AvgIpc) is 3.50. The Morgan fingerprint density at radius 1 is 0.478 bits per heavy atom. The fraction of sp³-hybridized carbons (Fsp3) is 0.0588. The molecule has 6 nitrogen and oxygen atoms in total. The first-order valence-corrected chi connectivity index (χ1v) is 13.4. The van der Waals surface area contributed by atoms with Crippen molar-refractivity contribution in [1.29, 1.82) is 0 Å². The van der Waals surface area contributed by atoms with Gasteiger partial charge in [0.15, 0.2) is 10.7 Å². The summed E-state index contributed by atoms with van der Waals surface area (Å²) in [6.45, 7) is 14.8. The fourth-order valence-electron chi connectivity index (χ4n) is 5.70. The second kappa shape index (κ2) is 10.2. The zero-order valence-corrected chi connectivity index (χ0v) is 23.0. The van der Waals surface area contributed by atoms with Crippen LogP contribution in [-0.4, -0.2) is 9.97 Å². The summed E-state index contributed by atoms with van der Waals surface area (Å²) in [5.74, 6) is 0. The lowest BCUT2D eigenvalue weighted by atomic mass is 10.0. The Bertz CT molecular complexity index is 2410. The van der Waals surface area contributed by atoms with Crippen molar-refractivity contribution in [3.63, 3.8) is 0 Å². The predicted octanol–water partition coefficient (Wildman–Crippen LogP) is 8.81. The van der Waals surface area contributed by atoms with Crippen LogP contribution in [0.1, 0.15) is 11.1 Å². The van der Waals surface area contributed by atoms with Gasteiger partial charge in [0.25, 0.3) is 0 Å². The van der Waals surface area contributed by atoms with E-state index in [1.807, 2.05) is 0 Å². The summed E-state index contributed by atoms with van der Waals surface area (Å²) in [5, 5.41) is 10.3. The van der Waals surface area contributed by atoms with E-state index in [0.717, 1.165) is 24.3 Å². The van der Waals surface area contributed by atoms with E-state index in [1.54, 1.807) is 48.5 Å². The van der Waals surface area contributed by atoms with E-state index in [-0.39, 0.29) is 21.7 Å². The van der Waals surface area contributed by atoms with Crippen molar-refractivity contribution < 1.29 is 26.3 Å². The van der Waals surface area contributed by atoms with Crippen molar-refractivity contribution in [3.8, 4) is 22.3 Å². The van der Waals surface area contributed by atoms with E-state index < -0.39 is 23.5 Å². The largest absolute Gasteiger partial charge is 0.416 e. The van der Waals surface area contributed by atoms with Gasteiger partial charge in [0, 0.05) is 21.5 Å². The van der Waals surface area contributed by atoms with Crippen molar-refractivity contribution in [1.82, 2.24) is 9.97 Å². The highest BCUT2D eigenvalue weighted by Crippen LogP contribution is 2.36. The Kier molecular flexibility index (Phi) is 6.35. The molecule has 0 unspecified atom stereocenters. The molecule has 7 aromatic rings. The van der Waals surface area contributed by atoms with Crippen molar-refractivity contribution >= 4 is 43.6 Å². The summed E-state index contributed by atoms with van der Waals surface area (Å²) in [6, 6.07) is 19.6. The molecule has 0 aliphatic carbocycles. The van der Waals surface area contributed by atoms with Gasteiger partial charge in [-0.05, 0) is 58.7 Å². The normalized spacial score (nSPS) is 13.2. The Labute approximate surface area is 254 Å².